The average Bonchev–Trinajstić information content (AvgIpc) is 3.01. The summed E-state index contributed by atoms with van der Waals surface area (Å²) in [6.45, 7) is 0.786. The molecule has 2 rings (SSSR count). The molecule has 1 heterocycles. The van der Waals surface area contributed by atoms with Crippen molar-refractivity contribution in [1.29, 1.82) is 0 Å². The van der Waals surface area contributed by atoms with Crippen molar-refractivity contribution in [1.82, 2.24) is 15.1 Å². The smallest absolute Gasteiger partial charge is 0.387 e. The molecule has 24 heavy (non-hydrogen) atoms. The predicted octanol–water partition coefficient (Wildman–Crippen LogP) is 2.53. The van der Waals surface area contributed by atoms with Crippen LogP contribution in [0.3, 0.4) is 0 Å². The molecule has 0 fully saturated rings. The lowest BCUT2D eigenvalue weighted by Gasteiger charge is -2.15. The Morgan fingerprint density at radius 1 is 1.38 bits per heavy atom. The third-order valence-corrected chi connectivity index (χ3v) is 3.32. The summed E-state index contributed by atoms with van der Waals surface area (Å²) in [6, 6.07) is 7.33. The fraction of sp³-hybridized carbons (Fsp3) is 0.375. The van der Waals surface area contributed by atoms with Gasteiger partial charge in [-0.3, -0.25) is 9.48 Å². The second-order valence-corrected chi connectivity index (χ2v) is 5.43. The van der Waals surface area contributed by atoms with Crippen molar-refractivity contribution in [3.05, 3.63) is 47.8 Å². The normalized spacial score (nSPS) is 12.5. The van der Waals surface area contributed by atoms with Crippen LogP contribution in [-0.2, 0) is 0 Å². The van der Waals surface area contributed by atoms with Crippen molar-refractivity contribution in [2.75, 3.05) is 6.54 Å². The molecular weight excluding hydrogens is 320 g/mol. The van der Waals surface area contributed by atoms with E-state index in [4.69, 9.17) is 0 Å². The van der Waals surface area contributed by atoms with Crippen LogP contribution in [0.4, 0.5) is 8.78 Å². The van der Waals surface area contributed by atoms with Crippen LogP contribution in [0.25, 0.3) is 0 Å². The molecule has 1 aromatic heterocycles. The number of aliphatic hydroxyl groups excluding tert-OH is 1. The minimum atomic E-state index is -2.94. The van der Waals surface area contributed by atoms with Crippen molar-refractivity contribution in [3.63, 3.8) is 0 Å². The maximum Gasteiger partial charge on any atom is 0.387 e. The van der Waals surface area contributed by atoms with Gasteiger partial charge in [-0.15, -0.1) is 0 Å². The van der Waals surface area contributed by atoms with E-state index in [-0.39, 0.29) is 24.2 Å². The van der Waals surface area contributed by atoms with Gasteiger partial charge < -0.3 is 15.2 Å². The molecule has 1 atom stereocenters. The minimum absolute atomic E-state index is 0.0221. The van der Waals surface area contributed by atoms with Crippen molar-refractivity contribution in [2.45, 2.75) is 32.6 Å². The van der Waals surface area contributed by atoms with E-state index in [0.29, 0.717) is 11.3 Å². The van der Waals surface area contributed by atoms with E-state index in [9.17, 15) is 18.7 Å². The number of benzene rings is 1. The molecule has 130 valence electrons. The largest absolute Gasteiger partial charge is 0.435 e. The SMILES string of the molecule is CC(C)n1nccc1C(=O)NCC(O)c1cccc(OC(F)F)c1. The maximum atomic E-state index is 12.2. The summed E-state index contributed by atoms with van der Waals surface area (Å²) < 4.78 is 30.3. The second kappa shape index (κ2) is 7.87. The Hall–Kier alpha value is -2.48. The van der Waals surface area contributed by atoms with E-state index >= 15 is 0 Å². The molecule has 0 radical (unpaired) electrons. The van der Waals surface area contributed by atoms with Crippen LogP contribution in [0.1, 0.15) is 42.0 Å². The van der Waals surface area contributed by atoms with Gasteiger partial charge in [0.2, 0.25) is 0 Å². The molecule has 0 spiro atoms. The highest BCUT2D eigenvalue weighted by Crippen LogP contribution is 2.20. The molecule has 2 aromatic rings. The highest BCUT2D eigenvalue weighted by Gasteiger charge is 2.16. The van der Waals surface area contributed by atoms with E-state index in [1.165, 1.54) is 24.4 Å². The van der Waals surface area contributed by atoms with Crippen LogP contribution >= 0.6 is 0 Å². The molecule has 6 nitrogen and oxygen atoms in total. The van der Waals surface area contributed by atoms with Crippen LogP contribution < -0.4 is 10.1 Å². The van der Waals surface area contributed by atoms with E-state index in [1.807, 2.05) is 13.8 Å². The number of hydrogen-bond acceptors (Lipinski definition) is 4. The maximum absolute atomic E-state index is 12.2. The van der Waals surface area contributed by atoms with Gasteiger partial charge in [0.05, 0.1) is 6.10 Å². The first-order valence-corrected chi connectivity index (χ1v) is 7.43. The highest BCUT2D eigenvalue weighted by atomic mass is 19.3. The summed E-state index contributed by atoms with van der Waals surface area (Å²) in [5.41, 5.74) is 0.748. The lowest BCUT2D eigenvalue weighted by atomic mass is 10.1. The number of hydrogen-bond donors (Lipinski definition) is 2. The predicted molar refractivity (Wildman–Crippen MR) is 83.0 cm³/mol. The minimum Gasteiger partial charge on any atom is -0.435 e. The van der Waals surface area contributed by atoms with Gasteiger partial charge in [0.1, 0.15) is 11.4 Å². The van der Waals surface area contributed by atoms with Gasteiger partial charge in [-0.2, -0.15) is 13.9 Å². The molecule has 0 aliphatic rings. The molecular formula is C16H19F2N3O3. The summed E-state index contributed by atoms with van der Waals surface area (Å²) in [7, 11) is 0. The number of nitrogens with zero attached hydrogens (tertiary/aromatic N) is 2. The van der Waals surface area contributed by atoms with Gasteiger partial charge in [0.15, 0.2) is 0 Å². The first kappa shape index (κ1) is 17.9. The number of rotatable bonds is 7. The number of carbonyl (C=O) groups excluding carboxylic acids is 1. The molecule has 2 N–H and O–H groups in total. The van der Waals surface area contributed by atoms with E-state index in [2.05, 4.69) is 15.2 Å². The molecule has 0 aliphatic carbocycles. The standard InChI is InChI=1S/C16H19F2N3O3/c1-10(2)21-13(6-7-20-21)15(23)19-9-14(22)11-4-3-5-12(8-11)24-16(17)18/h3-8,10,14,16,22H,9H2,1-2H3,(H,19,23). The fourth-order valence-corrected chi connectivity index (χ4v) is 2.20. The Kier molecular flexibility index (Phi) is 5.86. The number of alkyl halides is 2. The molecule has 0 saturated heterocycles. The number of ether oxygens (including phenoxy) is 1. The Balaban J connectivity index is 1.98. The summed E-state index contributed by atoms with van der Waals surface area (Å²) in [5, 5.41) is 16.8. The molecule has 0 bridgehead atoms. The topological polar surface area (TPSA) is 76.4 Å². The molecule has 1 aromatic carbocycles. The molecule has 1 unspecified atom stereocenters. The van der Waals surface area contributed by atoms with Crippen LogP contribution in [0, 0.1) is 0 Å². The van der Waals surface area contributed by atoms with Gasteiger partial charge >= 0.3 is 6.61 Å². The third-order valence-electron chi connectivity index (χ3n) is 3.32. The van der Waals surface area contributed by atoms with E-state index in [0.717, 1.165) is 0 Å². The molecule has 0 saturated carbocycles. The summed E-state index contributed by atoms with van der Waals surface area (Å²) >= 11 is 0. The zero-order valence-corrected chi connectivity index (χ0v) is 13.3. The van der Waals surface area contributed by atoms with Gasteiger partial charge in [0, 0.05) is 18.8 Å². The second-order valence-electron chi connectivity index (χ2n) is 5.43. The number of aliphatic hydroxyl groups is 1. The summed E-state index contributed by atoms with van der Waals surface area (Å²) in [6.07, 6.45) is 0.474. The first-order valence-electron chi connectivity index (χ1n) is 7.43. The fourth-order valence-electron chi connectivity index (χ4n) is 2.20. The van der Waals surface area contributed by atoms with Crippen LogP contribution in [0.2, 0.25) is 0 Å². The number of aromatic nitrogens is 2. The third kappa shape index (κ3) is 4.51. The lowest BCUT2D eigenvalue weighted by Crippen LogP contribution is -2.30. The zero-order valence-electron chi connectivity index (χ0n) is 13.3. The van der Waals surface area contributed by atoms with Gasteiger partial charge in [-0.1, -0.05) is 12.1 Å². The van der Waals surface area contributed by atoms with Crippen LogP contribution in [-0.4, -0.2) is 34.0 Å². The van der Waals surface area contributed by atoms with Crippen molar-refractivity contribution in [2.24, 2.45) is 0 Å². The number of carbonyl (C=O) groups is 1. The van der Waals surface area contributed by atoms with Gasteiger partial charge in [0.25, 0.3) is 5.91 Å². The Morgan fingerprint density at radius 2 is 2.12 bits per heavy atom. The molecule has 8 heteroatoms. The van der Waals surface area contributed by atoms with Crippen molar-refractivity contribution >= 4 is 5.91 Å². The number of nitrogens with one attached hydrogen (secondary N) is 1. The quantitative estimate of drug-likeness (QED) is 0.813. The Morgan fingerprint density at radius 3 is 2.79 bits per heavy atom. The van der Waals surface area contributed by atoms with Gasteiger partial charge in [-0.25, -0.2) is 0 Å². The Bertz CT molecular complexity index is 689. The first-order chi connectivity index (χ1) is 11.4. The van der Waals surface area contributed by atoms with Crippen molar-refractivity contribution < 1.29 is 23.4 Å². The Labute approximate surface area is 138 Å². The van der Waals surface area contributed by atoms with Crippen molar-refractivity contribution in [3.8, 4) is 5.75 Å². The van der Waals surface area contributed by atoms with Crippen LogP contribution in [0.5, 0.6) is 5.75 Å². The summed E-state index contributed by atoms with van der Waals surface area (Å²) in [4.78, 5) is 12.2. The highest BCUT2D eigenvalue weighted by molar-refractivity contribution is 5.92. The average molecular weight is 339 g/mol. The van der Waals surface area contributed by atoms with E-state index in [1.54, 1.807) is 16.8 Å². The van der Waals surface area contributed by atoms with Crippen LogP contribution in [0.15, 0.2) is 36.5 Å². The van der Waals surface area contributed by atoms with E-state index < -0.39 is 12.7 Å². The lowest BCUT2D eigenvalue weighted by molar-refractivity contribution is -0.0499. The van der Waals surface area contributed by atoms with Gasteiger partial charge in [-0.05, 0) is 37.6 Å². The zero-order chi connectivity index (χ0) is 17.7. The molecule has 1 amide bonds. The molecule has 0 aliphatic heterocycles. The number of halogens is 2. The number of amides is 1. The monoisotopic (exact) mass is 339 g/mol. The summed E-state index contributed by atoms with van der Waals surface area (Å²) in [5.74, 6) is -0.425.